The van der Waals surface area contributed by atoms with Crippen LogP contribution in [-0.2, 0) is 6.54 Å². The minimum atomic E-state index is 0.261. The van der Waals surface area contributed by atoms with Crippen LogP contribution in [0.3, 0.4) is 0 Å². The van der Waals surface area contributed by atoms with Gasteiger partial charge in [0.1, 0.15) is 0 Å². The van der Waals surface area contributed by atoms with E-state index in [0.29, 0.717) is 0 Å². The van der Waals surface area contributed by atoms with Crippen LogP contribution in [-0.4, -0.2) is 23.3 Å². The van der Waals surface area contributed by atoms with Crippen LogP contribution in [0, 0.1) is 0 Å². The number of nitrogens with zero attached hydrogens (tertiary/aromatic N) is 3. The Hall–Kier alpha value is -1.75. The van der Waals surface area contributed by atoms with Crippen molar-refractivity contribution < 1.29 is 4.79 Å². The molecule has 0 bridgehead atoms. The Morgan fingerprint density at radius 2 is 2.26 bits per heavy atom. The van der Waals surface area contributed by atoms with Crippen molar-refractivity contribution in [1.82, 2.24) is 9.97 Å². The van der Waals surface area contributed by atoms with Gasteiger partial charge in [0.2, 0.25) is 0 Å². The van der Waals surface area contributed by atoms with Gasteiger partial charge >= 0.3 is 0 Å². The van der Waals surface area contributed by atoms with Crippen molar-refractivity contribution >= 4 is 22.8 Å². The zero-order valence-corrected chi connectivity index (χ0v) is 12.1. The number of carbonyl (C=O) groups is 1. The van der Waals surface area contributed by atoms with E-state index >= 15 is 0 Å². The fourth-order valence-corrected chi connectivity index (χ4v) is 2.82. The number of carbonyl (C=O) groups excluding carboxylic acids is 1. The second-order valence-corrected chi connectivity index (χ2v) is 5.74. The second-order valence-electron chi connectivity index (χ2n) is 4.74. The molecule has 100 valence electrons. The zero-order valence-electron chi connectivity index (χ0n) is 11.3. The van der Waals surface area contributed by atoms with Crippen molar-refractivity contribution in [3.63, 3.8) is 0 Å². The summed E-state index contributed by atoms with van der Waals surface area (Å²) in [5.74, 6) is 0.261. The number of aromatic nitrogens is 2. The molecular formula is C14H17N3OS. The first kappa shape index (κ1) is 13.7. The van der Waals surface area contributed by atoms with Crippen LogP contribution in [0.5, 0.6) is 0 Å². The van der Waals surface area contributed by atoms with E-state index < -0.39 is 0 Å². The van der Waals surface area contributed by atoms with Gasteiger partial charge in [-0.1, -0.05) is 31.3 Å². The van der Waals surface area contributed by atoms with Gasteiger partial charge in [0.05, 0.1) is 10.6 Å². The van der Waals surface area contributed by atoms with Gasteiger partial charge in [-0.25, -0.2) is 4.98 Å². The molecule has 0 aliphatic carbocycles. The van der Waals surface area contributed by atoms with Crippen molar-refractivity contribution in [3.05, 3.63) is 40.7 Å². The monoisotopic (exact) mass is 275 g/mol. The van der Waals surface area contributed by atoms with Crippen LogP contribution >= 0.6 is 11.3 Å². The van der Waals surface area contributed by atoms with Crippen LogP contribution in [0.15, 0.2) is 24.5 Å². The molecule has 0 unspecified atom stereocenters. The van der Waals surface area contributed by atoms with E-state index in [9.17, 15) is 4.79 Å². The normalized spacial score (nSPS) is 10.7. The van der Waals surface area contributed by atoms with Crippen LogP contribution in [0.25, 0.3) is 0 Å². The molecule has 0 atom stereocenters. The lowest BCUT2D eigenvalue weighted by Crippen LogP contribution is -2.16. The molecule has 0 saturated heterocycles. The summed E-state index contributed by atoms with van der Waals surface area (Å²) in [6.45, 7) is 4.83. The van der Waals surface area contributed by atoms with Gasteiger partial charge in [-0.3, -0.25) is 9.78 Å². The molecule has 0 aromatic carbocycles. The Morgan fingerprint density at radius 3 is 2.79 bits per heavy atom. The van der Waals surface area contributed by atoms with Crippen LogP contribution in [0.4, 0.5) is 5.13 Å². The molecule has 5 heteroatoms. The van der Waals surface area contributed by atoms with Gasteiger partial charge in [0, 0.05) is 26.0 Å². The fourth-order valence-electron chi connectivity index (χ4n) is 1.83. The number of hydrogen-bond donors (Lipinski definition) is 0. The topological polar surface area (TPSA) is 46.1 Å². The number of pyridine rings is 1. The maximum Gasteiger partial charge on any atom is 0.186 e. The Labute approximate surface area is 117 Å². The van der Waals surface area contributed by atoms with Gasteiger partial charge in [-0.15, -0.1) is 0 Å². The van der Waals surface area contributed by atoms with E-state index in [1.54, 1.807) is 6.20 Å². The molecule has 0 saturated carbocycles. The Balaban J connectivity index is 2.20. The largest absolute Gasteiger partial charge is 0.347 e. The molecule has 4 nitrogen and oxygen atoms in total. The fraction of sp³-hybridized carbons (Fsp3) is 0.357. The molecule has 0 N–H and O–H groups in total. The van der Waals surface area contributed by atoms with Gasteiger partial charge in [-0.05, 0) is 17.5 Å². The molecule has 0 spiro atoms. The molecule has 0 fully saturated rings. The summed E-state index contributed by atoms with van der Waals surface area (Å²) < 4.78 is 0. The maximum atomic E-state index is 11.1. The lowest BCUT2D eigenvalue weighted by molar-refractivity contribution is 0.112. The highest BCUT2D eigenvalue weighted by atomic mass is 32.1. The quantitative estimate of drug-likeness (QED) is 0.787. The first-order chi connectivity index (χ1) is 9.11. The van der Waals surface area contributed by atoms with Crippen LogP contribution in [0.1, 0.15) is 40.7 Å². The smallest absolute Gasteiger partial charge is 0.186 e. The molecule has 19 heavy (non-hydrogen) atoms. The second kappa shape index (κ2) is 5.93. The predicted octanol–water partition coefficient (Wildman–Crippen LogP) is 3.11. The van der Waals surface area contributed by atoms with Gasteiger partial charge < -0.3 is 4.90 Å². The van der Waals surface area contributed by atoms with Crippen molar-refractivity contribution in [2.45, 2.75) is 26.3 Å². The highest BCUT2D eigenvalue weighted by molar-refractivity contribution is 7.17. The first-order valence-corrected chi connectivity index (χ1v) is 6.99. The van der Waals surface area contributed by atoms with E-state index in [2.05, 4.69) is 9.97 Å². The lowest BCUT2D eigenvalue weighted by Gasteiger charge is -2.15. The summed E-state index contributed by atoms with van der Waals surface area (Å²) in [5.41, 5.74) is 2.01. The van der Waals surface area contributed by atoms with Crippen molar-refractivity contribution in [2.75, 3.05) is 11.9 Å². The number of aldehydes is 1. The number of thiazole rings is 1. The Bertz CT molecular complexity index is 551. The average molecular weight is 275 g/mol. The summed E-state index contributed by atoms with van der Waals surface area (Å²) in [5, 5.41) is 0.870. The number of hydrogen-bond acceptors (Lipinski definition) is 5. The summed E-state index contributed by atoms with van der Waals surface area (Å²) in [6, 6.07) is 3.95. The highest BCUT2D eigenvalue weighted by Crippen LogP contribution is 2.29. The molecule has 0 aliphatic rings. The molecular weight excluding hydrogens is 258 g/mol. The van der Waals surface area contributed by atoms with Crippen molar-refractivity contribution in [3.8, 4) is 0 Å². The summed E-state index contributed by atoms with van der Waals surface area (Å²) >= 11 is 1.44. The SMILES string of the molecule is CC(C)c1nc(N(C)Cc2cccnc2)sc1C=O. The van der Waals surface area contributed by atoms with Crippen LogP contribution < -0.4 is 4.90 Å². The highest BCUT2D eigenvalue weighted by Gasteiger charge is 2.16. The molecule has 0 aliphatic heterocycles. The minimum Gasteiger partial charge on any atom is -0.347 e. The lowest BCUT2D eigenvalue weighted by atomic mass is 10.1. The van der Waals surface area contributed by atoms with E-state index in [0.717, 1.165) is 34.1 Å². The third-order valence-electron chi connectivity index (χ3n) is 2.79. The van der Waals surface area contributed by atoms with E-state index in [-0.39, 0.29) is 5.92 Å². The Morgan fingerprint density at radius 1 is 1.47 bits per heavy atom. The summed E-state index contributed by atoms with van der Waals surface area (Å²) in [7, 11) is 1.98. The van der Waals surface area contributed by atoms with E-state index in [1.165, 1.54) is 11.3 Å². The molecule has 0 radical (unpaired) electrons. The Kier molecular flexibility index (Phi) is 4.27. The van der Waals surface area contributed by atoms with E-state index in [1.807, 2.05) is 44.1 Å². The van der Waals surface area contributed by atoms with E-state index in [4.69, 9.17) is 0 Å². The zero-order chi connectivity index (χ0) is 13.8. The maximum absolute atomic E-state index is 11.1. The van der Waals surface area contributed by atoms with Crippen molar-refractivity contribution in [2.24, 2.45) is 0 Å². The molecule has 0 amide bonds. The molecule has 2 rings (SSSR count). The number of rotatable bonds is 5. The van der Waals surface area contributed by atoms with Crippen molar-refractivity contribution in [1.29, 1.82) is 0 Å². The first-order valence-electron chi connectivity index (χ1n) is 6.17. The third kappa shape index (κ3) is 3.17. The van der Waals surface area contributed by atoms with Crippen LogP contribution in [0.2, 0.25) is 0 Å². The predicted molar refractivity (Wildman–Crippen MR) is 77.9 cm³/mol. The van der Waals surface area contributed by atoms with Gasteiger partial charge in [0.25, 0.3) is 0 Å². The standard InChI is InChI=1S/C14H17N3OS/c1-10(2)13-12(9-18)19-14(16-13)17(3)8-11-5-4-6-15-7-11/h4-7,9-10H,8H2,1-3H3. The molecule has 2 aromatic heterocycles. The van der Waals surface area contributed by atoms with Gasteiger partial charge in [0.15, 0.2) is 11.4 Å². The molecule has 2 aromatic rings. The third-order valence-corrected chi connectivity index (χ3v) is 3.90. The molecule has 2 heterocycles. The van der Waals surface area contributed by atoms with Gasteiger partial charge in [-0.2, -0.15) is 0 Å². The minimum absolute atomic E-state index is 0.261. The summed E-state index contributed by atoms with van der Waals surface area (Å²) in [4.78, 5) is 22.5. The number of anilines is 1. The summed E-state index contributed by atoms with van der Waals surface area (Å²) in [6.07, 6.45) is 4.50. The average Bonchev–Trinajstić information content (AvgIpc) is 2.84.